The number of carbonyl (C=O) groups excluding carboxylic acids is 1. The van der Waals surface area contributed by atoms with Gasteiger partial charge in [-0.2, -0.15) is 0 Å². The van der Waals surface area contributed by atoms with Crippen LogP contribution in [0, 0.1) is 13.8 Å². The third-order valence-corrected chi connectivity index (χ3v) is 5.85. The van der Waals surface area contributed by atoms with Gasteiger partial charge in [0.25, 0.3) is 6.43 Å². The topological polar surface area (TPSA) is 73.4 Å². The summed E-state index contributed by atoms with van der Waals surface area (Å²) >= 11 is 6.11. The zero-order valence-electron chi connectivity index (χ0n) is 19.1. The van der Waals surface area contributed by atoms with Gasteiger partial charge in [0.1, 0.15) is 0 Å². The molecule has 1 aromatic carbocycles. The molecule has 7 nitrogen and oxygen atoms in total. The van der Waals surface area contributed by atoms with Crippen molar-refractivity contribution < 1.29 is 18.3 Å². The largest absolute Gasteiger partial charge is 0.462 e. The zero-order chi connectivity index (χ0) is 24.6. The van der Waals surface area contributed by atoms with E-state index in [-0.39, 0.29) is 6.61 Å². The number of aryl methyl sites for hydroxylation is 3. The van der Waals surface area contributed by atoms with Crippen LogP contribution in [-0.2, 0) is 11.8 Å². The van der Waals surface area contributed by atoms with Gasteiger partial charge in [0.15, 0.2) is 5.65 Å². The molecule has 0 amide bonds. The third kappa shape index (κ3) is 4.35. The summed E-state index contributed by atoms with van der Waals surface area (Å²) in [6.07, 6.45) is 0.615. The maximum Gasteiger partial charge on any atom is 0.340 e. The van der Waals surface area contributed by atoms with Crippen molar-refractivity contribution in [3.63, 3.8) is 0 Å². The highest BCUT2D eigenvalue weighted by Gasteiger charge is 2.28. The highest BCUT2D eigenvalue weighted by molar-refractivity contribution is 6.30. The van der Waals surface area contributed by atoms with Crippen LogP contribution in [0.15, 0.2) is 42.7 Å². The summed E-state index contributed by atoms with van der Waals surface area (Å²) in [4.78, 5) is 12.9. The van der Waals surface area contributed by atoms with E-state index >= 15 is 0 Å². The smallest absolute Gasteiger partial charge is 0.340 e. The summed E-state index contributed by atoms with van der Waals surface area (Å²) in [6, 6.07) is 8.52. The molecule has 0 saturated heterocycles. The number of ether oxygens (including phenoxy) is 1. The fourth-order valence-electron chi connectivity index (χ4n) is 4.15. The highest BCUT2D eigenvalue weighted by atomic mass is 35.5. The average molecular weight is 488 g/mol. The van der Waals surface area contributed by atoms with E-state index < -0.39 is 24.3 Å². The normalized spacial score (nSPS) is 12.4. The van der Waals surface area contributed by atoms with Gasteiger partial charge in [-0.05, 0) is 55.7 Å². The van der Waals surface area contributed by atoms with Crippen LogP contribution in [0.4, 0.5) is 14.5 Å². The molecule has 0 aliphatic heterocycles. The van der Waals surface area contributed by atoms with Crippen molar-refractivity contribution in [3.05, 3.63) is 81.5 Å². The standard InChI is InChI=1S/C24H24ClF2N5O2/c1-5-34-24(33)18-14(3)11-31(4)20(18)19(15-6-8-16(25)9-7-15)28-17-10-13(2)22-29-30-23(21(26)27)32(22)12-17/h6-12,19,21,28H,5H2,1-4H3. The number of esters is 1. The lowest BCUT2D eigenvalue weighted by Gasteiger charge is -2.23. The highest BCUT2D eigenvalue weighted by Crippen LogP contribution is 2.33. The number of carbonyl (C=O) groups is 1. The number of benzene rings is 1. The summed E-state index contributed by atoms with van der Waals surface area (Å²) in [5.41, 5.74) is 4.30. The molecule has 4 rings (SSSR count). The first-order valence-electron chi connectivity index (χ1n) is 10.7. The summed E-state index contributed by atoms with van der Waals surface area (Å²) in [5.74, 6) is -0.867. The van der Waals surface area contributed by atoms with Crippen LogP contribution >= 0.6 is 11.6 Å². The van der Waals surface area contributed by atoms with Crippen LogP contribution in [0.1, 0.15) is 58.0 Å². The Bertz CT molecular complexity index is 1350. The van der Waals surface area contributed by atoms with Gasteiger partial charge in [0.05, 0.1) is 29.6 Å². The Morgan fingerprint density at radius 2 is 1.85 bits per heavy atom. The maximum absolute atomic E-state index is 13.5. The second kappa shape index (κ2) is 9.42. The molecule has 3 aromatic heterocycles. The van der Waals surface area contributed by atoms with E-state index in [0.29, 0.717) is 33.2 Å². The molecule has 10 heteroatoms. The molecule has 0 bridgehead atoms. The predicted molar refractivity (Wildman–Crippen MR) is 126 cm³/mol. The number of hydrogen-bond acceptors (Lipinski definition) is 5. The van der Waals surface area contributed by atoms with Crippen LogP contribution < -0.4 is 5.32 Å². The molecule has 1 atom stereocenters. The monoisotopic (exact) mass is 487 g/mol. The van der Waals surface area contributed by atoms with E-state index in [4.69, 9.17) is 16.3 Å². The van der Waals surface area contributed by atoms with Gasteiger partial charge >= 0.3 is 5.97 Å². The van der Waals surface area contributed by atoms with Crippen LogP contribution in [0.3, 0.4) is 0 Å². The van der Waals surface area contributed by atoms with Crippen LogP contribution in [-0.4, -0.2) is 31.7 Å². The summed E-state index contributed by atoms with van der Waals surface area (Å²) in [7, 11) is 1.85. The Kier molecular flexibility index (Phi) is 6.56. The van der Waals surface area contributed by atoms with Crippen molar-refractivity contribution in [1.29, 1.82) is 0 Å². The molecule has 0 spiro atoms. The predicted octanol–water partition coefficient (Wildman–Crippen LogP) is 5.65. The van der Waals surface area contributed by atoms with Crippen LogP contribution in [0.25, 0.3) is 5.65 Å². The van der Waals surface area contributed by atoms with E-state index in [1.807, 2.05) is 42.9 Å². The average Bonchev–Trinajstić information content (AvgIpc) is 3.33. The molecule has 3 heterocycles. The molecule has 0 fully saturated rings. The van der Waals surface area contributed by atoms with E-state index in [9.17, 15) is 13.6 Å². The van der Waals surface area contributed by atoms with Crippen molar-refractivity contribution in [1.82, 2.24) is 19.2 Å². The van der Waals surface area contributed by atoms with Crippen molar-refractivity contribution in [2.45, 2.75) is 33.2 Å². The number of halogens is 3. The molecule has 0 aliphatic rings. The van der Waals surface area contributed by atoms with Gasteiger partial charge in [-0.15, -0.1) is 10.2 Å². The van der Waals surface area contributed by atoms with Crippen molar-refractivity contribution >= 4 is 28.9 Å². The van der Waals surface area contributed by atoms with E-state index in [1.165, 1.54) is 10.6 Å². The summed E-state index contributed by atoms with van der Waals surface area (Å²) in [5, 5.41) is 11.5. The Balaban J connectivity index is 1.88. The van der Waals surface area contributed by atoms with Gasteiger partial charge in [-0.1, -0.05) is 23.7 Å². The first-order valence-corrected chi connectivity index (χ1v) is 11.1. The number of fused-ring (bicyclic) bond motifs is 1. The SMILES string of the molecule is CCOC(=O)c1c(C)cn(C)c1C(Nc1cc(C)c2nnc(C(F)F)n2c1)c1ccc(Cl)cc1. The van der Waals surface area contributed by atoms with Crippen molar-refractivity contribution in [3.8, 4) is 0 Å². The van der Waals surface area contributed by atoms with Crippen molar-refractivity contribution in [2.75, 3.05) is 11.9 Å². The first kappa shape index (κ1) is 23.7. The van der Waals surface area contributed by atoms with E-state index in [1.54, 1.807) is 26.0 Å². The van der Waals surface area contributed by atoms with E-state index in [2.05, 4.69) is 15.5 Å². The summed E-state index contributed by atoms with van der Waals surface area (Å²) < 4.78 is 35.4. The van der Waals surface area contributed by atoms with Gasteiger partial charge in [-0.25, -0.2) is 13.6 Å². The minimum atomic E-state index is -2.78. The quantitative estimate of drug-likeness (QED) is 0.341. The van der Waals surface area contributed by atoms with Crippen LogP contribution in [0.5, 0.6) is 0 Å². The molecule has 1 unspecified atom stereocenters. The Morgan fingerprint density at radius 1 is 1.15 bits per heavy atom. The molecular formula is C24H24ClF2N5O2. The molecule has 1 N–H and O–H groups in total. The lowest BCUT2D eigenvalue weighted by atomic mass is 9.98. The maximum atomic E-state index is 13.5. The van der Waals surface area contributed by atoms with Gasteiger partial charge < -0.3 is 14.6 Å². The van der Waals surface area contributed by atoms with Gasteiger partial charge in [0.2, 0.25) is 5.82 Å². The lowest BCUT2D eigenvalue weighted by molar-refractivity contribution is 0.0524. The van der Waals surface area contributed by atoms with E-state index in [0.717, 1.165) is 11.1 Å². The van der Waals surface area contributed by atoms with Gasteiger partial charge in [0, 0.05) is 24.5 Å². The number of anilines is 1. The Labute approximate surface area is 200 Å². The molecule has 0 aliphatic carbocycles. The Morgan fingerprint density at radius 3 is 2.50 bits per heavy atom. The fraction of sp³-hybridized carbons (Fsp3) is 0.292. The minimum Gasteiger partial charge on any atom is -0.462 e. The second-order valence-corrected chi connectivity index (χ2v) is 8.43. The number of nitrogens with one attached hydrogen (secondary N) is 1. The number of pyridine rings is 1. The molecule has 4 aromatic rings. The number of hydrogen-bond donors (Lipinski definition) is 1. The Hall–Kier alpha value is -3.46. The zero-order valence-corrected chi connectivity index (χ0v) is 19.9. The molecule has 0 radical (unpaired) electrons. The number of aromatic nitrogens is 4. The summed E-state index contributed by atoms with van der Waals surface area (Å²) in [6.45, 7) is 5.61. The molecule has 178 valence electrons. The number of nitrogens with zero attached hydrogens (tertiary/aromatic N) is 4. The number of alkyl halides is 2. The molecule has 0 saturated carbocycles. The second-order valence-electron chi connectivity index (χ2n) is 8.00. The number of rotatable bonds is 7. The lowest BCUT2D eigenvalue weighted by Crippen LogP contribution is -2.20. The molecular weight excluding hydrogens is 464 g/mol. The van der Waals surface area contributed by atoms with Crippen LogP contribution in [0.2, 0.25) is 5.02 Å². The minimum absolute atomic E-state index is 0.242. The fourth-order valence-corrected chi connectivity index (χ4v) is 4.28. The first-order chi connectivity index (χ1) is 16.2. The van der Waals surface area contributed by atoms with Gasteiger partial charge in [-0.3, -0.25) is 4.40 Å². The molecule has 34 heavy (non-hydrogen) atoms. The third-order valence-electron chi connectivity index (χ3n) is 5.60. The van der Waals surface area contributed by atoms with Crippen molar-refractivity contribution in [2.24, 2.45) is 7.05 Å².